The summed E-state index contributed by atoms with van der Waals surface area (Å²) in [6.07, 6.45) is -11.6. The van der Waals surface area contributed by atoms with E-state index in [1.807, 2.05) is 94.1 Å². The lowest BCUT2D eigenvalue weighted by Gasteiger charge is -2.16. The average molecular weight is 1860 g/mol. The van der Waals surface area contributed by atoms with E-state index in [2.05, 4.69) is 106 Å². The van der Waals surface area contributed by atoms with Crippen molar-refractivity contribution in [2.75, 3.05) is 48.8 Å². The Morgan fingerprint density at radius 1 is 0.371 bits per heavy atom. The van der Waals surface area contributed by atoms with Crippen LogP contribution in [-0.4, -0.2) is 185 Å². The number of aryl methyl sites for hydroxylation is 2. The molecule has 15 N–H and O–H groups in total. The summed E-state index contributed by atoms with van der Waals surface area (Å²) in [4.78, 5) is 112. The van der Waals surface area contributed by atoms with Crippen molar-refractivity contribution in [3.8, 4) is 28.7 Å². The van der Waals surface area contributed by atoms with Crippen LogP contribution in [0.5, 0.6) is 28.7 Å². The maximum absolute atomic E-state index is 12.0. The molecule has 124 heavy (non-hydrogen) atoms. The highest BCUT2D eigenvalue weighted by Gasteiger charge is 2.48. The molecule has 2 aliphatic rings. The zero-order chi connectivity index (χ0) is 93.2. The second kappa shape index (κ2) is 59.7. The Hall–Kier alpha value is -9.09. The molecule has 0 aromatic heterocycles. The number of nitrogens with one attached hydrogen (secondary N) is 6. The number of methoxy groups -OCH3 is 5. The number of benzene rings is 7. The lowest BCUT2D eigenvalue weighted by atomic mass is 10.0. The Labute approximate surface area is 749 Å². The fourth-order valence-electron chi connectivity index (χ4n) is 10.1. The van der Waals surface area contributed by atoms with Gasteiger partial charge >= 0.3 is 41.8 Å². The van der Waals surface area contributed by atoms with Crippen LogP contribution in [-0.2, 0) is 86.2 Å². The largest absolute Gasteiger partial charge is 0.497 e. The van der Waals surface area contributed by atoms with Gasteiger partial charge in [0.15, 0.2) is 48.2 Å². The number of hydrogen-bond acceptors (Lipinski definition) is 44. The van der Waals surface area contributed by atoms with E-state index in [1.54, 1.807) is 115 Å². The average Bonchev–Trinajstić information content (AvgIpc) is 1.65. The van der Waals surface area contributed by atoms with Crippen LogP contribution >= 0.6 is 76.9 Å². The molecular formula is C80H106N6O32S6. The summed E-state index contributed by atoms with van der Waals surface area (Å²) < 4.78 is 57.5. The summed E-state index contributed by atoms with van der Waals surface area (Å²) in [6.45, 7) is 15.4. The number of hydrogen-bond donors (Lipinski definition) is 21. The number of aliphatic hydroxyl groups is 8. The predicted octanol–water partition coefficient (Wildman–Crippen LogP) is 6.84. The Bertz CT molecular complexity index is 3980. The third-order valence-electron chi connectivity index (χ3n) is 16.3. The first-order valence-corrected chi connectivity index (χ1v) is 39.1. The number of esters is 2. The molecule has 0 aliphatic carbocycles. The number of carbonyl (C=O) groups excluding carboxylic acids is 7. The number of ether oxygens (including phenoxy) is 11. The molecule has 12 atom stereocenters. The quantitative estimate of drug-likeness (QED) is 0.00720. The maximum atomic E-state index is 12.0. The van der Waals surface area contributed by atoms with Crippen molar-refractivity contribution in [2.45, 2.75) is 140 Å². The van der Waals surface area contributed by atoms with Gasteiger partial charge < -0.3 is 122 Å². The first-order chi connectivity index (χ1) is 58.9. The van der Waals surface area contributed by atoms with E-state index in [0.29, 0.717) is 58.5 Å². The second-order valence-corrected chi connectivity index (χ2v) is 26.8. The Morgan fingerprint density at radius 2 is 0.613 bits per heavy atom. The smallest absolute Gasteiger partial charge is 0.357 e. The second-order valence-electron chi connectivity index (χ2n) is 25.7. The van der Waals surface area contributed by atoms with E-state index in [4.69, 9.17) is 57.3 Å². The third-order valence-corrected chi connectivity index (χ3v) is 16.7. The van der Waals surface area contributed by atoms with Crippen LogP contribution in [0.25, 0.3) is 6.08 Å². The molecule has 44 heteroatoms. The van der Waals surface area contributed by atoms with Gasteiger partial charge in [0.1, 0.15) is 65.4 Å². The Morgan fingerprint density at radius 3 is 0.863 bits per heavy atom. The van der Waals surface area contributed by atoms with Crippen LogP contribution in [0.3, 0.4) is 0 Å². The highest BCUT2D eigenvalue weighted by Crippen LogP contribution is 2.41. The number of thiol groups is 6. The summed E-state index contributed by atoms with van der Waals surface area (Å²) in [5.74, 6) is -3.87. The normalized spacial score (nSPS) is 16.7. The van der Waals surface area contributed by atoms with Gasteiger partial charge in [-0.3, -0.25) is 0 Å². The highest BCUT2D eigenvalue weighted by atomic mass is 32.1. The standard InChI is InChI=1S/C15H20O4.C13H17NO5S.C12H14O2.4C10H13NO5S.H3NOS/c1-5-17-14(16)13-12(18-15(3,4)19-13)11-8-6-10(2)7-9-11;1-13(2)17-10(11(18-13)12(15)19-14-20)8-4-6-9(16-3)7-5-8;1-3-14-12(13)9-8-11-6-4-10(2)5-7-11;4*1-15-7-4-2-6(3-5-7)8(12)9(13)10(14)16-11-17;2-1-3/h6-9,12-13H,5H2,1-4H3;4-7,10-11,14,20H,1-3H3;4-9H,3H2,1-2H3;4*2-5,8-9,11-13,17H,1H3;1-3H/b;;9-8+;;;;;/t12?,13-;10?,11-;;2*8-,9+;2*8-,9-;/m00.1010./s1. The van der Waals surface area contributed by atoms with Crippen molar-refractivity contribution in [3.63, 3.8) is 0 Å². The van der Waals surface area contributed by atoms with Crippen LogP contribution < -0.4 is 53.0 Å². The molecule has 2 fully saturated rings. The van der Waals surface area contributed by atoms with Gasteiger partial charge in [-0.15, -0.1) is 0 Å². The number of aliphatic hydroxyl groups excluding tert-OH is 8. The molecule has 684 valence electrons. The molecule has 7 aromatic carbocycles. The first-order valence-electron chi connectivity index (χ1n) is 36.4. The summed E-state index contributed by atoms with van der Waals surface area (Å²) in [5.41, 5.74) is 6.58. The molecule has 0 bridgehead atoms. The minimum Gasteiger partial charge on any atom is -0.497 e. The van der Waals surface area contributed by atoms with E-state index >= 15 is 0 Å². The van der Waals surface area contributed by atoms with Crippen LogP contribution in [0.1, 0.15) is 128 Å². The number of rotatable bonds is 30. The summed E-state index contributed by atoms with van der Waals surface area (Å²) in [7, 11) is 7.63. The van der Waals surface area contributed by atoms with Gasteiger partial charge in [-0.25, -0.2) is 33.6 Å². The van der Waals surface area contributed by atoms with Crippen LogP contribution in [0.4, 0.5) is 0 Å². The summed E-state index contributed by atoms with van der Waals surface area (Å²) in [6, 6.07) is 48.2. The van der Waals surface area contributed by atoms with Gasteiger partial charge in [-0.2, -0.15) is 4.89 Å². The molecule has 0 saturated carbocycles. The Balaban J connectivity index is 0.000000488. The molecule has 9 rings (SSSR count). The molecule has 0 spiro atoms. The lowest BCUT2D eigenvalue weighted by Crippen LogP contribution is -2.31. The van der Waals surface area contributed by atoms with Gasteiger partial charge in [0.25, 0.3) is 0 Å². The predicted molar refractivity (Wildman–Crippen MR) is 464 cm³/mol. The minimum absolute atomic E-state index is 0.298. The molecule has 0 radical (unpaired) electrons. The van der Waals surface area contributed by atoms with Crippen LogP contribution in [0.15, 0.2) is 176 Å². The first kappa shape index (κ1) is 111. The van der Waals surface area contributed by atoms with E-state index in [-0.39, 0.29) is 11.9 Å². The topological polar surface area (TPSA) is 521 Å². The summed E-state index contributed by atoms with van der Waals surface area (Å²) >= 11 is 20.5. The van der Waals surface area contributed by atoms with Gasteiger partial charge in [-0.05, 0) is 161 Å². The van der Waals surface area contributed by atoms with Crippen molar-refractivity contribution in [2.24, 2.45) is 0 Å². The van der Waals surface area contributed by atoms with E-state index in [9.17, 15) is 74.4 Å². The molecule has 2 saturated heterocycles. The van der Waals surface area contributed by atoms with Crippen molar-refractivity contribution >= 4 is 125 Å². The van der Waals surface area contributed by atoms with Gasteiger partial charge in [-0.1, -0.05) is 222 Å². The fraction of sp³-hybridized carbons (Fsp3) is 0.362. The molecule has 38 nitrogen and oxygen atoms in total. The Kier molecular flexibility index (Phi) is 53.5. The van der Waals surface area contributed by atoms with Crippen molar-refractivity contribution < 1.29 is 156 Å². The van der Waals surface area contributed by atoms with E-state index in [0.717, 1.165) is 28.0 Å². The van der Waals surface area contributed by atoms with Crippen molar-refractivity contribution in [1.29, 1.82) is 0 Å². The third kappa shape index (κ3) is 39.6. The van der Waals surface area contributed by atoms with Crippen molar-refractivity contribution in [1.82, 2.24) is 29.3 Å². The van der Waals surface area contributed by atoms with E-state index < -0.39 is 115 Å². The molecular weight excluding hydrogens is 1750 g/mol. The van der Waals surface area contributed by atoms with Crippen LogP contribution in [0, 0.1) is 13.8 Å². The zero-order valence-corrected chi connectivity index (χ0v) is 74.6. The molecule has 0 amide bonds. The molecule has 2 aliphatic heterocycles. The molecule has 2 unspecified atom stereocenters. The number of carbonyl (C=O) groups is 7. The molecule has 2 heterocycles. The van der Waals surface area contributed by atoms with Gasteiger partial charge in [0, 0.05) is 6.08 Å². The van der Waals surface area contributed by atoms with Crippen molar-refractivity contribution in [3.05, 3.63) is 226 Å². The summed E-state index contributed by atoms with van der Waals surface area (Å²) in [5, 5.41) is 83.9. The van der Waals surface area contributed by atoms with Gasteiger partial charge in [0.2, 0.25) is 0 Å². The lowest BCUT2D eigenvalue weighted by molar-refractivity contribution is -0.172. The van der Waals surface area contributed by atoms with Gasteiger partial charge in [0.05, 0.1) is 48.8 Å². The SMILES string of the molecule is CCOC(=O)/C=C/c1ccc(C)cc1.CCOC(=O)[C@H]1OC(C)(C)OC1c1ccc(C)cc1.COc1ccc(C2OC(C)(C)O[C@@H]2C(=O)ONS)cc1.COc1ccc([C@@H](O)[C@@H](O)C(=O)ONS)cc1.COc1ccc([C@@H](O)[C@H](O)C(=O)ONS)cc1.COc1ccc([C@H](O)[C@@H](O)C(=O)ONS)cc1.COc1ccc([C@H](O)[C@H](O)C(=O)ONS)cc1.ONS. The van der Waals surface area contributed by atoms with E-state index in [1.165, 1.54) is 93.5 Å². The minimum atomic E-state index is -1.69. The fourth-order valence-corrected chi connectivity index (χ4v) is 10.6. The van der Waals surface area contributed by atoms with Crippen LogP contribution in [0.2, 0.25) is 0 Å². The monoisotopic (exact) mass is 1850 g/mol. The zero-order valence-electron chi connectivity index (χ0n) is 69.3. The maximum Gasteiger partial charge on any atom is 0.357 e. The molecule has 7 aromatic rings. The highest BCUT2D eigenvalue weighted by molar-refractivity contribution is 7.78.